The zero-order valence-corrected chi connectivity index (χ0v) is 13.1. The van der Waals surface area contributed by atoms with Crippen LogP contribution in [0.2, 0.25) is 0 Å². The molecule has 0 spiro atoms. The Bertz CT molecular complexity index is 561. The van der Waals surface area contributed by atoms with Crippen LogP contribution < -0.4 is 0 Å². The van der Waals surface area contributed by atoms with Crippen LogP contribution in [-0.4, -0.2) is 17.9 Å². The Morgan fingerprint density at radius 3 is 2.71 bits per heavy atom. The topological polar surface area (TPSA) is 43.4 Å². The van der Waals surface area contributed by atoms with Crippen LogP contribution in [0.3, 0.4) is 0 Å². The summed E-state index contributed by atoms with van der Waals surface area (Å²) in [5.41, 5.74) is 2.08. The highest BCUT2D eigenvalue weighted by atomic mass is 16.5. The highest BCUT2D eigenvalue weighted by Crippen LogP contribution is 2.59. The molecule has 0 aromatic heterocycles. The van der Waals surface area contributed by atoms with Crippen molar-refractivity contribution in [2.75, 3.05) is 0 Å². The monoisotopic (exact) mass is 288 g/mol. The maximum absolute atomic E-state index is 12.4. The van der Waals surface area contributed by atoms with Crippen LogP contribution in [-0.2, 0) is 14.3 Å². The van der Waals surface area contributed by atoms with Crippen molar-refractivity contribution in [2.24, 2.45) is 29.1 Å². The molecule has 1 aliphatic heterocycles. The smallest absolute Gasteiger partial charge is 0.335 e. The van der Waals surface area contributed by atoms with E-state index in [2.05, 4.69) is 20.8 Å². The Balaban J connectivity index is 1.88. The Morgan fingerprint density at radius 2 is 1.95 bits per heavy atom. The van der Waals surface area contributed by atoms with Gasteiger partial charge < -0.3 is 4.74 Å². The van der Waals surface area contributed by atoms with Crippen molar-refractivity contribution in [3.8, 4) is 0 Å². The molecule has 0 bridgehead atoms. The van der Waals surface area contributed by atoms with Gasteiger partial charge in [-0.05, 0) is 48.5 Å². The summed E-state index contributed by atoms with van der Waals surface area (Å²) in [5.74, 6) is 1.99. The van der Waals surface area contributed by atoms with E-state index in [1.807, 2.05) is 0 Å². The lowest BCUT2D eigenvalue weighted by Gasteiger charge is -2.36. The van der Waals surface area contributed by atoms with E-state index in [0.29, 0.717) is 42.3 Å². The van der Waals surface area contributed by atoms with E-state index < -0.39 is 0 Å². The number of carbonyl (C=O) groups is 2. The second-order valence-corrected chi connectivity index (χ2v) is 8.07. The van der Waals surface area contributed by atoms with E-state index in [1.165, 1.54) is 12.0 Å². The Morgan fingerprint density at radius 1 is 1.19 bits per heavy atom. The fourth-order valence-electron chi connectivity index (χ4n) is 5.60. The predicted molar refractivity (Wildman–Crippen MR) is 78.4 cm³/mol. The fraction of sp³-hybridized carbons (Fsp3) is 0.778. The highest BCUT2D eigenvalue weighted by molar-refractivity contribution is 5.94. The lowest BCUT2D eigenvalue weighted by Crippen LogP contribution is -2.37. The molecule has 3 aliphatic carbocycles. The maximum Gasteiger partial charge on any atom is 0.335 e. The maximum atomic E-state index is 12.4. The number of esters is 1. The lowest BCUT2D eigenvalue weighted by molar-refractivity contribution is -0.146. The van der Waals surface area contributed by atoms with Gasteiger partial charge in [-0.15, -0.1) is 0 Å². The van der Waals surface area contributed by atoms with Crippen LogP contribution in [0.15, 0.2) is 11.1 Å². The van der Waals surface area contributed by atoms with Gasteiger partial charge in [-0.3, -0.25) is 4.79 Å². The Labute approximate surface area is 126 Å². The summed E-state index contributed by atoms with van der Waals surface area (Å²) in [6.45, 7) is 6.64. The van der Waals surface area contributed by atoms with Crippen molar-refractivity contribution in [2.45, 2.75) is 59.0 Å². The van der Waals surface area contributed by atoms with Gasteiger partial charge in [0.1, 0.15) is 11.9 Å². The number of hydrogen-bond donors (Lipinski definition) is 0. The SMILES string of the molecule is C[C@H]1CC[C@H]2C3=C1C(=O)O[C@H]3[C@@]1(C)CC(=O)C[C@H]1C[C@@H]2C. The van der Waals surface area contributed by atoms with E-state index >= 15 is 0 Å². The molecule has 3 heteroatoms. The molecular formula is C18H24O3. The first-order valence-electron chi connectivity index (χ1n) is 8.38. The molecule has 2 fully saturated rings. The molecule has 1 heterocycles. The van der Waals surface area contributed by atoms with Gasteiger partial charge in [-0.25, -0.2) is 4.79 Å². The summed E-state index contributed by atoms with van der Waals surface area (Å²) >= 11 is 0. The van der Waals surface area contributed by atoms with E-state index in [-0.39, 0.29) is 17.5 Å². The van der Waals surface area contributed by atoms with Crippen molar-refractivity contribution >= 4 is 11.8 Å². The van der Waals surface area contributed by atoms with Gasteiger partial charge in [-0.1, -0.05) is 20.8 Å². The highest BCUT2D eigenvalue weighted by Gasteiger charge is 2.59. The summed E-state index contributed by atoms with van der Waals surface area (Å²) < 4.78 is 5.88. The van der Waals surface area contributed by atoms with Gasteiger partial charge in [0.05, 0.1) is 0 Å². The Hall–Kier alpha value is -1.12. The fourth-order valence-corrected chi connectivity index (χ4v) is 5.60. The second-order valence-electron chi connectivity index (χ2n) is 8.07. The van der Waals surface area contributed by atoms with Gasteiger partial charge >= 0.3 is 5.97 Å². The van der Waals surface area contributed by atoms with Crippen LogP contribution in [0.5, 0.6) is 0 Å². The van der Waals surface area contributed by atoms with Gasteiger partial charge in [0.2, 0.25) is 0 Å². The molecule has 0 radical (unpaired) electrons. The van der Waals surface area contributed by atoms with Crippen LogP contribution >= 0.6 is 0 Å². The molecule has 0 aromatic rings. The quantitative estimate of drug-likeness (QED) is 0.642. The van der Waals surface area contributed by atoms with E-state index in [4.69, 9.17) is 4.74 Å². The van der Waals surface area contributed by atoms with E-state index in [1.54, 1.807) is 0 Å². The molecule has 3 nitrogen and oxygen atoms in total. The molecule has 4 rings (SSSR count). The first-order valence-corrected chi connectivity index (χ1v) is 8.38. The molecule has 0 aromatic carbocycles. The predicted octanol–water partition coefficient (Wildman–Crippen LogP) is 3.28. The molecule has 2 saturated carbocycles. The third-order valence-electron chi connectivity index (χ3n) is 6.77. The van der Waals surface area contributed by atoms with Crippen molar-refractivity contribution in [3.05, 3.63) is 11.1 Å². The van der Waals surface area contributed by atoms with Crippen molar-refractivity contribution in [1.82, 2.24) is 0 Å². The van der Waals surface area contributed by atoms with Gasteiger partial charge in [-0.2, -0.15) is 0 Å². The van der Waals surface area contributed by atoms with Gasteiger partial charge in [0.15, 0.2) is 0 Å². The molecule has 6 atom stereocenters. The zero-order valence-electron chi connectivity index (χ0n) is 13.1. The summed E-state index contributed by atoms with van der Waals surface area (Å²) in [4.78, 5) is 24.5. The first-order chi connectivity index (χ1) is 9.91. The van der Waals surface area contributed by atoms with Crippen molar-refractivity contribution in [3.63, 3.8) is 0 Å². The molecular weight excluding hydrogens is 264 g/mol. The normalized spacial score (nSPS) is 48.8. The van der Waals surface area contributed by atoms with Gasteiger partial charge in [0.25, 0.3) is 0 Å². The van der Waals surface area contributed by atoms with Crippen molar-refractivity contribution < 1.29 is 14.3 Å². The average molecular weight is 288 g/mol. The van der Waals surface area contributed by atoms with Crippen LogP contribution in [0.1, 0.15) is 52.9 Å². The van der Waals surface area contributed by atoms with E-state index in [9.17, 15) is 9.59 Å². The van der Waals surface area contributed by atoms with E-state index in [0.717, 1.165) is 18.4 Å². The second kappa shape index (κ2) is 4.21. The minimum Gasteiger partial charge on any atom is -0.454 e. The molecule has 0 N–H and O–H groups in total. The average Bonchev–Trinajstić information content (AvgIpc) is 2.87. The summed E-state index contributed by atoms with van der Waals surface area (Å²) in [5, 5.41) is 0. The van der Waals surface area contributed by atoms with Crippen LogP contribution in [0.25, 0.3) is 0 Å². The largest absolute Gasteiger partial charge is 0.454 e. The lowest BCUT2D eigenvalue weighted by atomic mass is 9.69. The van der Waals surface area contributed by atoms with Crippen LogP contribution in [0.4, 0.5) is 0 Å². The summed E-state index contributed by atoms with van der Waals surface area (Å²) in [6.07, 6.45) is 4.50. The molecule has 0 saturated heterocycles. The molecule has 0 amide bonds. The number of carbonyl (C=O) groups excluding carboxylic acids is 2. The molecule has 114 valence electrons. The number of Topliss-reactive ketones (excluding diaryl/α,β-unsaturated/α-hetero) is 1. The molecule has 4 aliphatic rings. The number of fused-ring (bicyclic) bond motifs is 2. The molecule has 21 heavy (non-hydrogen) atoms. The van der Waals surface area contributed by atoms with Crippen molar-refractivity contribution in [1.29, 1.82) is 0 Å². The standard InChI is InChI=1S/C18H24O3/c1-9-4-5-13-10(2)6-11-7-12(19)8-18(11,3)16-15(13)14(9)17(20)21-16/h9-11,13,16H,4-8H2,1-3H3/t9-,10-,11+,13+,16+,18-/m0/s1. The molecule has 0 unspecified atom stereocenters. The number of rotatable bonds is 0. The minimum atomic E-state index is -0.163. The summed E-state index contributed by atoms with van der Waals surface area (Å²) in [7, 11) is 0. The third-order valence-corrected chi connectivity index (χ3v) is 6.77. The zero-order chi connectivity index (χ0) is 14.9. The third kappa shape index (κ3) is 1.66. The van der Waals surface area contributed by atoms with Crippen LogP contribution in [0, 0.1) is 29.1 Å². The first kappa shape index (κ1) is 13.5. The summed E-state index contributed by atoms with van der Waals surface area (Å²) in [6, 6.07) is 0. The Kier molecular flexibility index (Phi) is 2.71. The number of ketones is 1. The minimum absolute atomic E-state index is 0.0966. The number of ether oxygens (including phenoxy) is 1. The number of hydrogen-bond acceptors (Lipinski definition) is 3. The van der Waals surface area contributed by atoms with Gasteiger partial charge in [0, 0.05) is 23.8 Å².